The van der Waals surface area contributed by atoms with Gasteiger partial charge in [0.15, 0.2) is 0 Å². The summed E-state index contributed by atoms with van der Waals surface area (Å²) in [5, 5.41) is 3.71. The van der Waals surface area contributed by atoms with E-state index in [1.165, 1.54) is 42.3 Å². The fraction of sp³-hybridized carbons (Fsp3) is 0.355. The number of halogens is 3. The van der Waals surface area contributed by atoms with E-state index in [-0.39, 0.29) is 28.1 Å². The van der Waals surface area contributed by atoms with E-state index < -0.39 is 28.5 Å². The maximum Gasteiger partial charge on any atom is 0.264 e. The van der Waals surface area contributed by atoms with Gasteiger partial charge in [0, 0.05) is 13.1 Å². The number of methoxy groups -OCH3 is 1. The second-order valence-electron chi connectivity index (χ2n) is 9.98. The second kappa shape index (κ2) is 15.7. The van der Waals surface area contributed by atoms with Crippen molar-refractivity contribution in [1.82, 2.24) is 10.2 Å². The van der Waals surface area contributed by atoms with Crippen molar-refractivity contribution in [1.29, 1.82) is 0 Å². The third kappa shape index (κ3) is 8.79. The van der Waals surface area contributed by atoms with Crippen LogP contribution in [0.25, 0.3) is 0 Å². The van der Waals surface area contributed by atoms with Crippen molar-refractivity contribution in [2.45, 2.75) is 57.5 Å². The first-order valence-corrected chi connectivity index (χ1v) is 16.4. The fourth-order valence-electron chi connectivity index (χ4n) is 4.44. The minimum Gasteiger partial charge on any atom is -0.495 e. The number of aryl methyl sites for hydroxylation is 1. The normalized spacial score (nSPS) is 12.0. The molecule has 0 saturated carbocycles. The van der Waals surface area contributed by atoms with Gasteiger partial charge in [0.1, 0.15) is 18.3 Å². The van der Waals surface area contributed by atoms with E-state index >= 15 is 0 Å². The summed E-state index contributed by atoms with van der Waals surface area (Å²) in [6.07, 6.45) is 1.97. The number of carbonyl (C=O) groups is 2. The molecule has 0 radical (unpaired) electrons. The number of anilines is 1. The quantitative estimate of drug-likeness (QED) is 0.189. The number of benzene rings is 3. The molecule has 0 aliphatic rings. The highest BCUT2D eigenvalue weighted by Gasteiger charge is 2.34. The molecule has 8 nitrogen and oxygen atoms in total. The molecule has 0 bridgehead atoms. The number of nitrogens with zero attached hydrogens (tertiary/aromatic N) is 2. The highest BCUT2D eigenvalue weighted by Crippen LogP contribution is 2.32. The van der Waals surface area contributed by atoms with E-state index in [2.05, 4.69) is 5.32 Å². The van der Waals surface area contributed by atoms with E-state index in [1.807, 2.05) is 13.8 Å². The summed E-state index contributed by atoms with van der Waals surface area (Å²) in [7, 11) is -2.80. The summed E-state index contributed by atoms with van der Waals surface area (Å²) < 4.78 is 34.3. The molecule has 0 aliphatic carbocycles. The van der Waals surface area contributed by atoms with Crippen LogP contribution in [0.2, 0.25) is 15.1 Å². The molecule has 3 aromatic carbocycles. The Bertz CT molecular complexity index is 1530. The summed E-state index contributed by atoms with van der Waals surface area (Å²) >= 11 is 18.7. The predicted molar refractivity (Wildman–Crippen MR) is 173 cm³/mol. The van der Waals surface area contributed by atoms with E-state index in [0.29, 0.717) is 34.3 Å². The molecule has 232 valence electrons. The fourth-order valence-corrected chi connectivity index (χ4v) is 6.42. The SMILES string of the molecule is CCCCNC(=O)[C@@H](CC)N(Cc1ccc(Cl)c(Cl)c1)C(=O)CN(c1ccc(OC)c(Cl)c1)S(=O)(=O)c1ccc(C)cc1. The Balaban J connectivity index is 2.09. The number of rotatable bonds is 14. The van der Waals surface area contributed by atoms with Crippen LogP contribution < -0.4 is 14.4 Å². The van der Waals surface area contributed by atoms with Crippen LogP contribution in [0, 0.1) is 6.92 Å². The van der Waals surface area contributed by atoms with E-state index in [0.717, 1.165) is 22.7 Å². The minimum atomic E-state index is -4.24. The van der Waals surface area contributed by atoms with Crippen molar-refractivity contribution in [2.24, 2.45) is 0 Å². The Kier molecular flexibility index (Phi) is 12.6. The van der Waals surface area contributed by atoms with Crippen LogP contribution in [-0.2, 0) is 26.2 Å². The molecule has 0 unspecified atom stereocenters. The lowest BCUT2D eigenvalue weighted by Gasteiger charge is -2.33. The van der Waals surface area contributed by atoms with Crippen LogP contribution in [0.4, 0.5) is 5.69 Å². The molecule has 0 aliphatic heterocycles. The van der Waals surface area contributed by atoms with E-state index in [9.17, 15) is 18.0 Å². The number of sulfonamides is 1. The van der Waals surface area contributed by atoms with Gasteiger partial charge in [0.05, 0.1) is 32.8 Å². The number of nitrogens with one attached hydrogen (secondary N) is 1. The molecule has 3 rings (SSSR count). The third-order valence-corrected chi connectivity index (χ3v) is 9.69. The lowest BCUT2D eigenvalue weighted by atomic mass is 10.1. The van der Waals surface area contributed by atoms with Crippen molar-refractivity contribution in [3.63, 3.8) is 0 Å². The summed E-state index contributed by atoms with van der Waals surface area (Å²) in [5.41, 5.74) is 1.67. The van der Waals surface area contributed by atoms with Gasteiger partial charge in [-0.15, -0.1) is 0 Å². The van der Waals surface area contributed by atoms with Crippen LogP contribution in [0.3, 0.4) is 0 Å². The topological polar surface area (TPSA) is 96.0 Å². The minimum absolute atomic E-state index is 0.00164. The largest absolute Gasteiger partial charge is 0.495 e. The number of carbonyl (C=O) groups excluding carboxylic acids is 2. The molecule has 0 aromatic heterocycles. The van der Waals surface area contributed by atoms with Gasteiger partial charge in [-0.1, -0.05) is 78.8 Å². The summed E-state index contributed by atoms with van der Waals surface area (Å²) in [4.78, 5) is 28.9. The van der Waals surface area contributed by atoms with Gasteiger partial charge in [0.25, 0.3) is 10.0 Å². The van der Waals surface area contributed by atoms with Crippen molar-refractivity contribution in [2.75, 3.05) is 24.5 Å². The predicted octanol–water partition coefficient (Wildman–Crippen LogP) is 6.88. The Hall–Kier alpha value is -2.98. The molecule has 1 atom stereocenters. The third-order valence-electron chi connectivity index (χ3n) is 6.86. The molecule has 0 saturated heterocycles. The first kappa shape index (κ1) is 34.5. The molecule has 3 aromatic rings. The van der Waals surface area contributed by atoms with Crippen molar-refractivity contribution < 1.29 is 22.7 Å². The molecular formula is C31H36Cl3N3O5S. The van der Waals surface area contributed by atoms with Gasteiger partial charge in [-0.2, -0.15) is 0 Å². The summed E-state index contributed by atoms with van der Waals surface area (Å²) in [5.74, 6) is -0.573. The average Bonchev–Trinajstić information content (AvgIpc) is 2.97. The van der Waals surface area contributed by atoms with Gasteiger partial charge >= 0.3 is 0 Å². The van der Waals surface area contributed by atoms with Crippen molar-refractivity contribution >= 4 is 62.3 Å². The Labute approximate surface area is 268 Å². The van der Waals surface area contributed by atoms with Gasteiger partial charge in [-0.05, 0) is 67.8 Å². The molecular weight excluding hydrogens is 633 g/mol. The highest BCUT2D eigenvalue weighted by molar-refractivity contribution is 7.92. The van der Waals surface area contributed by atoms with Crippen LogP contribution in [0.5, 0.6) is 5.75 Å². The number of ether oxygens (including phenoxy) is 1. The molecule has 0 fully saturated rings. The zero-order valence-electron chi connectivity index (χ0n) is 24.6. The number of amides is 2. The number of hydrogen-bond donors (Lipinski definition) is 1. The number of hydrogen-bond acceptors (Lipinski definition) is 5. The zero-order valence-corrected chi connectivity index (χ0v) is 27.7. The standard InChI is InChI=1S/C31H36Cl3N3O5S/c1-5-7-16-35-31(39)28(6-2)36(19-22-10-14-25(32)26(33)17-22)30(38)20-37(23-11-15-29(42-4)27(34)18-23)43(40,41)24-12-8-21(3)9-13-24/h8-15,17-18,28H,5-7,16,19-20H2,1-4H3,(H,35,39)/t28-/m1/s1. The smallest absolute Gasteiger partial charge is 0.264 e. The Morgan fingerprint density at radius 2 is 1.63 bits per heavy atom. The maximum atomic E-state index is 14.2. The van der Waals surface area contributed by atoms with E-state index in [4.69, 9.17) is 39.5 Å². The van der Waals surface area contributed by atoms with Crippen LogP contribution in [-0.4, -0.2) is 51.4 Å². The average molecular weight is 669 g/mol. The zero-order chi connectivity index (χ0) is 31.7. The summed E-state index contributed by atoms with van der Waals surface area (Å²) in [6.45, 7) is 5.51. The van der Waals surface area contributed by atoms with Gasteiger partial charge in [0.2, 0.25) is 11.8 Å². The second-order valence-corrected chi connectivity index (χ2v) is 13.1. The summed E-state index contributed by atoms with van der Waals surface area (Å²) in [6, 6.07) is 14.9. The van der Waals surface area contributed by atoms with Gasteiger partial charge in [-0.25, -0.2) is 8.42 Å². The Morgan fingerprint density at radius 3 is 2.21 bits per heavy atom. The molecule has 1 N–H and O–H groups in total. The maximum absolute atomic E-state index is 14.2. The van der Waals surface area contributed by atoms with Gasteiger partial charge < -0.3 is 15.0 Å². The first-order chi connectivity index (χ1) is 20.4. The van der Waals surface area contributed by atoms with Crippen molar-refractivity contribution in [3.05, 3.63) is 86.9 Å². The highest BCUT2D eigenvalue weighted by atomic mass is 35.5. The molecule has 2 amide bonds. The Morgan fingerprint density at radius 1 is 0.930 bits per heavy atom. The van der Waals surface area contributed by atoms with Crippen LogP contribution in [0.15, 0.2) is 65.6 Å². The molecule has 43 heavy (non-hydrogen) atoms. The number of unbranched alkanes of at least 4 members (excludes halogenated alkanes) is 1. The van der Waals surface area contributed by atoms with E-state index in [1.54, 1.807) is 37.3 Å². The van der Waals surface area contributed by atoms with Crippen LogP contribution in [0.1, 0.15) is 44.2 Å². The first-order valence-electron chi connectivity index (χ1n) is 13.9. The molecule has 12 heteroatoms. The van der Waals surface area contributed by atoms with Gasteiger partial charge in [-0.3, -0.25) is 13.9 Å². The van der Waals surface area contributed by atoms with Crippen molar-refractivity contribution in [3.8, 4) is 5.75 Å². The molecule has 0 heterocycles. The lowest BCUT2D eigenvalue weighted by molar-refractivity contribution is -0.140. The van der Waals surface area contributed by atoms with Crippen LogP contribution >= 0.6 is 34.8 Å². The molecule has 0 spiro atoms. The monoisotopic (exact) mass is 667 g/mol. The lowest BCUT2D eigenvalue weighted by Crippen LogP contribution is -2.52.